The van der Waals surface area contributed by atoms with E-state index in [0.29, 0.717) is 11.3 Å². The van der Waals surface area contributed by atoms with Gasteiger partial charge in [0.05, 0.1) is 13.3 Å². The van der Waals surface area contributed by atoms with Gasteiger partial charge >= 0.3 is 0 Å². The van der Waals surface area contributed by atoms with Crippen LogP contribution in [0.15, 0.2) is 82.4 Å². The van der Waals surface area contributed by atoms with E-state index >= 15 is 0 Å². The van der Waals surface area contributed by atoms with Crippen molar-refractivity contribution in [1.82, 2.24) is 0 Å². The largest absolute Gasteiger partial charge is 0.493 e. The van der Waals surface area contributed by atoms with Crippen molar-refractivity contribution in [3.05, 3.63) is 78.4 Å². The highest BCUT2D eigenvalue weighted by atomic mass is 16.6. The van der Waals surface area contributed by atoms with Crippen LogP contribution in [-0.2, 0) is 4.84 Å². The predicted molar refractivity (Wildman–Crippen MR) is 108 cm³/mol. The molecule has 134 valence electrons. The SMILES string of the molecule is CO/N=C/c1ccc(OC)c2oc(-c3ccccc3)c(-c3ccccc3)c12. The van der Waals surface area contributed by atoms with Gasteiger partial charge in [-0.2, -0.15) is 0 Å². The molecule has 0 spiro atoms. The van der Waals surface area contributed by atoms with Gasteiger partial charge in [0.2, 0.25) is 0 Å². The highest BCUT2D eigenvalue weighted by molar-refractivity contribution is 6.11. The molecule has 0 saturated carbocycles. The van der Waals surface area contributed by atoms with E-state index in [1.54, 1.807) is 13.3 Å². The maximum absolute atomic E-state index is 6.35. The lowest BCUT2D eigenvalue weighted by Gasteiger charge is -2.06. The molecule has 0 aliphatic rings. The highest BCUT2D eigenvalue weighted by Gasteiger charge is 2.22. The van der Waals surface area contributed by atoms with Gasteiger partial charge in [0.15, 0.2) is 11.3 Å². The standard InChI is InChI=1S/C23H19NO3/c1-25-19-14-13-18(15-24-26-2)21-20(16-9-5-3-6-10-16)22(27-23(19)21)17-11-7-4-8-12-17/h3-15H,1-2H3/b24-15+. The fourth-order valence-corrected chi connectivity index (χ4v) is 3.26. The summed E-state index contributed by atoms with van der Waals surface area (Å²) in [6.07, 6.45) is 1.69. The zero-order valence-corrected chi connectivity index (χ0v) is 15.2. The number of ether oxygens (including phenoxy) is 1. The van der Waals surface area contributed by atoms with Crippen LogP contribution in [0.5, 0.6) is 5.75 Å². The molecule has 3 aromatic carbocycles. The van der Waals surface area contributed by atoms with E-state index in [9.17, 15) is 0 Å². The minimum absolute atomic E-state index is 0.680. The first-order chi connectivity index (χ1) is 13.3. The summed E-state index contributed by atoms with van der Waals surface area (Å²) in [5.74, 6) is 1.48. The Bertz CT molecular complexity index is 1080. The molecule has 1 heterocycles. The molecule has 1 aromatic heterocycles. The monoisotopic (exact) mass is 357 g/mol. The summed E-state index contributed by atoms with van der Waals surface area (Å²) >= 11 is 0. The molecule has 0 aliphatic heterocycles. The van der Waals surface area contributed by atoms with Crippen molar-refractivity contribution in [3.8, 4) is 28.2 Å². The Morgan fingerprint density at radius 1 is 0.815 bits per heavy atom. The number of hydrogen-bond acceptors (Lipinski definition) is 4. The van der Waals surface area contributed by atoms with Crippen LogP contribution in [0.4, 0.5) is 0 Å². The van der Waals surface area contributed by atoms with E-state index in [-0.39, 0.29) is 0 Å². The number of rotatable bonds is 5. The Hall–Kier alpha value is -3.53. The number of nitrogens with zero attached hydrogens (tertiary/aromatic N) is 1. The Kier molecular flexibility index (Phi) is 4.62. The summed E-state index contributed by atoms with van der Waals surface area (Å²) in [5, 5.41) is 4.90. The Morgan fingerprint density at radius 3 is 2.11 bits per heavy atom. The first kappa shape index (κ1) is 16.9. The van der Waals surface area contributed by atoms with E-state index in [1.165, 1.54) is 7.11 Å². The molecule has 0 saturated heterocycles. The molecule has 0 unspecified atom stereocenters. The van der Waals surface area contributed by atoms with E-state index < -0.39 is 0 Å². The molecule has 4 nitrogen and oxygen atoms in total. The van der Waals surface area contributed by atoms with E-state index in [2.05, 4.69) is 17.3 Å². The fourth-order valence-electron chi connectivity index (χ4n) is 3.26. The summed E-state index contributed by atoms with van der Waals surface area (Å²) in [4.78, 5) is 4.90. The van der Waals surface area contributed by atoms with Crippen LogP contribution >= 0.6 is 0 Å². The number of methoxy groups -OCH3 is 1. The summed E-state index contributed by atoms with van der Waals surface area (Å²) in [5.41, 5.74) is 4.67. The molecule has 4 rings (SSSR count). The van der Waals surface area contributed by atoms with Gasteiger partial charge < -0.3 is 14.0 Å². The Balaban J connectivity index is 2.13. The quantitative estimate of drug-likeness (QED) is 0.337. The van der Waals surface area contributed by atoms with Crippen LogP contribution in [-0.4, -0.2) is 20.4 Å². The molecule has 0 bridgehead atoms. The van der Waals surface area contributed by atoms with Crippen molar-refractivity contribution in [1.29, 1.82) is 0 Å². The summed E-state index contributed by atoms with van der Waals surface area (Å²) in [6, 6.07) is 24.1. The van der Waals surface area contributed by atoms with Gasteiger partial charge in [-0.25, -0.2) is 0 Å². The predicted octanol–water partition coefficient (Wildman–Crippen LogP) is 5.76. The topological polar surface area (TPSA) is 44.0 Å². The first-order valence-corrected chi connectivity index (χ1v) is 8.64. The van der Waals surface area contributed by atoms with Gasteiger partial charge in [-0.1, -0.05) is 65.8 Å². The zero-order valence-electron chi connectivity index (χ0n) is 15.2. The van der Waals surface area contributed by atoms with Gasteiger partial charge in [-0.15, -0.1) is 0 Å². The summed E-state index contributed by atoms with van der Waals surface area (Å²) in [6.45, 7) is 0. The molecular weight excluding hydrogens is 338 g/mol. The Labute approximate surface area is 157 Å². The van der Waals surface area contributed by atoms with Crippen molar-refractivity contribution in [2.24, 2.45) is 5.16 Å². The summed E-state index contributed by atoms with van der Waals surface area (Å²) in [7, 11) is 3.17. The van der Waals surface area contributed by atoms with Crippen molar-refractivity contribution in [2.45, 2.75) is 0 Å². The van der Waals surface area contributed by atoms with Crippen molar-refractivity contribution < 1.29 is 14.0 Å². The Morgan fingerprint density at radius 2 is 1.48 bits per heavy atom. The average Bonchev–Trinajstić information content (AvgIpc) is 3.14. The van der Waals surface area contributed by atoms with Crippen LogP contribution in [0.25, 0.3) is 33.4 Å². The second kappa shape index (κ2) is 7.38. The number of oxime groups is 1. The van der Waals surface area contributed by atoms with E-state index in [0.717, 1.165) is 33.4 Å². The lowest BCUT2D eigenvalue weighted by Crippen LogP contribution is -1.89. The highest BCUT2D eigenvalue weighted by Crippen LogP contribution is 2.44. The van der Waals surface area contributed by atoms with Crippen LogP contribution in [0.1, 0.15) is 5.56 Å². The molecule has 0 radical (unpaired) electrons. The zero-order chi connectivity index (χ0) is 18.6. The van der Waals surface area contributed by atoms with Gasteiger partial charge in [0.1, 0.15) is 12.9 Å². The van der Waals surface area contributed by atoms with Crippen molar-refractivity contribution >= 4 is 17.2 Å². The van der Waals surface area contributed by atoms with Crippen LogP contribution in [0, 0.1) is 0 Å². The minimum Gasteiger partial charge on any atom is -0.493 e. The molecule has 27 heavy (non-hydrogen) atoms. The minimum atomic E-state index is 0.680. The molecule has 0 fully saturated rings. The van der Waals surface area contributed by atoms with E-state index in [1.807, 2.05) is 60.7 Å². The molecule has 4 heteroatoms. The van der Waals surface area contributed by atoms with Crippen LogP contribution < -0.4 is 4.74 Å². The van der Waals surface area contributed by atoms with Gasteiger partial charge in [0.25, 0.3) is 0 Å². The van der Waals surface area contributed by atoms with Gasteiger partial charge in [-0.3, -0.25) is 0 Å². The maximum Gasteiger partial charge on any atom is 0.177 e. The third kappa shape index (κ3) is 3.06. The lowest BCUT2D eigenvalue weighted by atomic mass is 9.96. The van der Waals surface area contributed by atoms with Crippen LogP contribution in [0.2, 0.25) is 0 Å². The molecule has 4 aromatic rings. The number of fused-ring (bicyclic) bond motifs is 1. The summed E-state index contributed by atoms with van der Waals surface area (Å²) < 4.78 is 11.9. The fraction of sp³-hybridized carbons (Fsp3) is 0.0870. The third-order valence-electron chi connectivity index (χ3n) is 4.45. The average molecular weight is 357 g/mol. The first-order valence-electron chi connectivity index (χ1n) is 8.64. The molecular formula is C23H19NO3. The molecule has 0 atom stereocenters. The van der Waals surface area contributed by atoms with E-state index in [4.69, 9.17) is 14.0 Å². The lowest BCUT2D eigenvalue weighted by molar-refractivity contribution is 0.215. The second-order valence-electron chi connectivity index (χ2n) is 6.02. The molecule has 0 amide bonds. The van der Waals surface area contributed by atoms with Gasteiger partial charge in [0, 0.05) is 22.1 Å². The molecule has 0 aliphatic carbocycles. The maximum atomic E-state index is 6.35. The van der Waals surface area contributed by atoms with Crippen molar-refractivity contribution in [2.75, 3.05) is 14.2 Å². The van der Waals surface area contributed by atoms with Gasteiger partial charge in [-0.05, 0) is 17.7 Å². The normalized spacial score (nSPS) is 11.2. The smallest absolute Gasteiger partial charge is 0.177 e. The van der Waals surface area contributed by atoms with Crippen LogP contribution in [0.3, 0.4) is 0 Å². The van der Waals surface area contributed by atoms with Crippen molar-refractivity contribution in [3.63, 3.8) is 0 Å². The second-order valence-corrected chi connectivity index (χ2v) is 6.02. The molecule has 0 N–H and O–H groups in total. The third-order valence-corrected chi connectivity index (χ3v) is 4.45. The number of benzene rings is 3. The number of furan rings is 1. The number of hydrogen-bond donors (Lipinski definition) is 0.